The Hall–Kier alpha value is -3.73. The van der Waals surface area contributed by atoms with Crippen molar-refractivity contribution in [2.75, 3.05) is 0 Å². The highest BCUT2D eigenvalue weighted by molar-refractivity contribution is 6.04. The zero-order valence-corrected chi connectivity index (χ0v) is 14.5. The van der Waals surface area contributed by atoms with Crippen molar-refractivity contribution in [3.8, 4) is 17.0 Å². The summed E-state index contributed by atoms with van der Waals surface area (Å²) in [6.45, 7) is 0.349. The topological polar surface area (TPSA) is 75.1 Å². The lowest BCUT2D eigenvalue weighted by atomic mass is 10.0. The Morgan fingerprint density at radius 1 is 0.926 bits per heavy atom. The van der Waals surface area contributed by atoms with Crippen molar-refractivity contribution < 1.29 is 9.90 Å². The molecule has 0 saturated carbocycles. The molecule has 132 valence electrons. The van der Waals surface area contributed by atoms with Gasteiger partial charge in [-0.1, -0.05) is 60.7 Å². The molecule has 0 bridgehead atoms. The first kappa shape index (κ1) is 16.7. The molecule has 2 aromatic heterocycles. The molecule has 5 nitrogen and oxygen atoms in total. The van der Waals surface area contributed by atoms with Gasteiger partial charge in [0, 0.05) is 23.7 Å². The number of carbonyl (C=O) groups is 1. The first-order valence-electron chi connectivity index (χ1n) is 8.59. The minimum absolute atomic E-state index is 0.0315. The predicted octanol–water partition coefficient (Wildman–Crippen LogP) is 3.93. The third-order valence-electron chi connectivity index (χ3n) is 4.29. The van der Waals surface area contributed by atoms with Gasteiger partial charge < -0.3 is 10.4 Å². The maximum atomic E-state index is 12.7. The molecule has 2 aromatic carbocycles. The van der Waals surface area contributed by atoms with Crippen LogP contribution in [-0.2, 0) is 6.54 Å². The monoisotopic (exact) mass is 355 g/mol. The van der Waals surface area contributed by atoms with Crippen molar-refractivity contribution >= 4 is 16.8 Å². The lowest BCUT2D eigenvalue weighted by molar-refractivity contribution is 0.0943. The predicted molar refractivity (Wildman–Crippen MR) is 104 cm³/mol. The fraction of sp³-hybridized carbons (Fsp3) is 0.0455. The molecule has 4 rings (SSSR count). The molecular weight excluding hydrogens is 338 g/mol. The molecule has 27 heavy (non-hydrogen) atoms. The van der Waals surface area contributed by atoms with Crippen LogP contribution in [0.1, 0.15) is 16.1 Å². The highest BCUT2D eigenvalue weighted by atomic mass is 16.3. The second kappa shape index (κ2) is 7.25. The molecule has 0 atom stereocenters. The summed E-state index contributed by atoms with van der Waals surface area (Å²) in [5, 5.41) is 14.1. The van der Waals surface area contributed by atoms with Gasteiger partial charge in [-0.05, 0) is 17.7 Å². The van der Waals surface area contributed by atoms with E-state index >= 15 is 0 Å². The van der Waals surface area contributed by atoms with Crippen molar-refractivity contribution in [2.24, 2.45) is 0 Å². The molecule has 0 aliphatic rings. The average molecular weight is 355 g/mol. The molecule has 0 spiro atoms. The number of fused-ring (bicyclic) bond motifs is 1. The summed E-state index contributed by atoms with van der Waals surface area (Å²) in [5.41, 5.74) is 2.76. The fourth-order valence-corrected chi connectivity index (χ4v) is 2.96. The lowest BCUT2D eigenvalue weighted by Gasteiger charge is -2.12. The number of pyridine rings is 2. The Morgan fingerprint density at radius 3 is 2.37 bits per heavy atom. The zero-order valence-electron chi connectivity index (χ0n) is 14.5. The Bertz CT molecular complexity index is 1100. The van der Waals surface area contributed by atoms with Gasteiger partial charge in [-0.3, -0.25) is 9.78 Å². The number of aromatic hydroxyl groups is 1. The summed E-state index contributed by atoms with van der Waals surface area (Å²) in [7, 11) is 0. The van der Waals surface area contributed by atoms with Crippen LogP contribution in [0.2, 0.25) is 0 Å². The fourth-order valence-electron chi connectivity index (χ4n) is 2.96. The van der Waals surface area contributed by atoms with E-state index in [2.05, 4.69) is 15.3 Å². The minimum atomic E-state index is -0.443. The summed E-state index contributed by atoms with van der Waals surface area (Å²) in [4.78, 5) is 21.4. The van der Waals surface area contributed by atoms with E-state index in [1.807, 2.05) is 66.7 Å². The van der Waals surface area contributed by atoms with Crippen LogP contribution < -0.4 is 5.32 Å². The SMILES string of the molecule is O=C(NCc1ccccc1)c1nc(-c2ccccc2)c2cccnc2c1O. The van der Waals surface area contributed by atoms with E-state index < -0.39 is 5.91 Å². The van der Waals surface area contributed by atoms with Gasteiger partial charge in [0.2, 0.25) is 0 Å². The molecule has 2 N–H and O–H groups in total. The molecule has 2 heterocycles. The van der Waals surface area contributed by atoms with Crippen LogP contribution in [0, 0.1) is 0 Å². The quantitative estimate of drug-likeness (QED) is 0.582. The Morgan fingerprint density at radius 2 is 1.63 bits per heavy atom. The third-order valence-corrected chi connectivity index (χ3v) is 4.29. The van der Waals surface area contributed by atoms with Gasteiger partial charge in [-0.15, -0.1) is 0 Å². The van der Waals surface area contributed by atoms with Gasteiger partial charge >= 0.3 is 0 Å². The molecule has 0 fully saturated rings. The summed E-state index contributed by atoms with van der Waals surface area (Å²) in [5.74, 6) is -0.656. The Kier molecular flexibility index (Phi) is 4.49. The first-order chi connectivity index (χ1) is 13.2. The van der Waals surface area contributed by atoms with Crippen LogP contribution in [-0.4, -0.2) is 21.0 Å². The van der Waals surface area contributed by atoms with Crippen LogP contribution >= 0.6 is 0 Å². The summed E-state index contributed by atoms with van der Waals surface area (Å²) >= 11 is 0. The smallest absolute Gasteiger partial charge is 0.274 e. The highest BCUT2D eigenvalue weighted by Gasteiger charge is 2.20. The molecule has 0 radical (unpaired) electrons. The van der Waals surface area contributed by atoms with Crippen molar-refractivity contribution in [1.82, 2.24) is 15.3 Å². The largest absolute Gasteiger partial charge is 0.504 e. The average Bonchev–Trinajstić information content (AvgIpc) is 2.74. The van der Waals surface area contributed by atoms with Crippen LogP contribution in [0.5, 0.6) is 5.75 Å². The minimum Gasteiger partial charge on any atom is -0.504 e. The molecule has 0 saturated heterocycles. The van der Waals surface area contributed by atoms with Gasteiger partial charge in [0.15, 0.2) is 11.4 Å². The molecule has 1 amide bonds. The van der Waals surface area contributed by atoms with E-state index in [0.717, 1.165) is 11.1 Å². The van der Waals surface area contributed by atoms with Crippen LogP contribution in [0.15, 0.2) is 79.0 Å². The lowest BCUT2D eigenvalue weighted by Crippen LogP contribution is -2.24. The molecule has 4 aromatic rings. The normalized spacial score (nSPS) is 10.7. The van der Waals surface area contributed by atoms with E-state index in [4.69, 9.17) is 0 Å². The summed E-state index contributed by atoms with van der Waals surface area (Å²) < 4.78 is 0. The van der Waals surface area contributed by atoms with E-state index in [9.17, 15) is 9.90 Å². The number of rotatable bonds is 4. The van der Waals surface area contributed by atoms with E-state index in [-0.39, 0.29) is 11.4 Å². The van der Waals surface area contributed by atoms with Gasteiger partial charge in [-0.2, -0.15) is 0 Å². The number of hydrogen-bond donors (Lipinski definition) is 2. The van der Waals surface area contributed by atoms with Crippen LogP contribution in [0.25, 0.3) is 22.2 Å². The highest BCUT2D eigenvalue weighted by Crippen LogP contribution is 2.33. The number of amides is 1. The number of benzene rings is 2. The van der Waals surface area contributed by atoms with Crippen molar-refractivity contribution in [1.29, 1.82) is 0 Å². The molecule has 0 aliphatic heterocycles. The second-order valence-corrected chi connectivity index (χ2v) is 6.09. The molecule has 5 heteroatoms. The first-order valence-corrected chi connectivity index (χ1v) is 8.59. The van der Waals surface area contributed by atoms with Crippen molar-refractivity contribution in [3.05, 3.63) is 90.3 Å². The van der Waals surface area contributed by atoms with Gasteiger partial charge in [-0.25, -0.2) is 4.98 Å². The van der Waals surface area contributed by atoms with Crippen molar-refractivity contribution in [3.63, 3.8) is 0 Å². The zero-order chi connectivity index (χ0) is 18.6. The van der Waals surface area contributed by atoms with E-state index in [1.54, 1.807) is 12.3 Å². The van der Waals surface area contributed by atoms with E-state index in [1.165, 1.54) is 0 Å². The van der Waals surface area contributed by atoms with Gasteiger partial charge in [0.05, 0.1) is 5.69 Å². The van der Waals surface area contributed by atoms with Gasteiger partial charge in [0.25, 0.3) is 5.91 Å². The Labute approximate surface area is 156 Å². The van der Waals surface area contributed by atoms with Gasteiger partial charge in [0.1, 0.15) is 5.52 Å². The second-order valence-electron chi connectivity index (χ2n) is 6.09. The van der Waals surface area contributed by atoms with Crippen LogP contribution in [0.3, 0.4) is 0 Å². The Balaban J connectivity index is 1.76. The molecule has 0 aliphatic carbocycles. The number of carbonyl (C=O) groups excluding carboxylic acids is 1. The number of hydrogen-bond acceptors (Lipinski definition) is 4. The van der Waals surface area contributed by atoms with E-state index in [0.29, 0.717) is 23.1 Å². The van der Waals surface area contributed by atoms with Crippen LogP contribution in [0.4, 0.5) is 0 Å². The number of nitrogens with one attached hydrogen (secondary N) is 1. The summed E-state index contributed by atoms with van der Waals surface area (Å²) in [6, 6.07) is 22.7. The number of aromatic nitrogens is 2. The number of nitrogens with zero attached hydrogens (tertiary/aromatic N) is 2. The van der Waals surface area contributed by atoms with Crippen molar-refractivity contribution in [2.45, 2.75) is 6.54 Å². The maximum absolute atomic E-state index is 12.7. The molecular formula is C22H17N3O2. The molecule has 0 unspecified atom stereocenters. The third kappa shape index (κ3) is 3.35. The maximum Gasteiger partial charge on any atom is 0.274 e. The standard InChI is InChI=1S/C22H17N3O2/c26-21-19-17(12-7-13-23-19)18(16-10-5-2-6-11-16)25-20(21)22(27)24-14-15-8-3-1-4-9-15/h1-13,26H,14H2,(H,24,27). The summed E-state index contributed by atoms with van der Waals surface area (Å²) in [6.07, 6.45) is 1.59.